The normalized spacial score (nSPS) is 30.6. The molecule has 0 aromatic rings. The molecule has 1 aliphatic rings. The van der Waals surface area contributed by atoms with Crippen molar-refractivity contribution in [1.29, 1.82) is 0 Å². The molecular formula is C8H16N2O2. The highest BCUT2D eigenvalue weighted by molar-refractivity contribution is 5.73. The number of hydrogen-bond donors (Lipinski definition) is 2. The minimum atomic E-state index is -0.735. The molecule has 2 atom stereocenters. The van der Waals surface area contributed by atoms with Gasteiger partial charge in [0.25, 0.3) is 0 Å². The summed E-state index contributed by atoms with van der Waals surface area (Å²) in [6, 6.07) is 0.0542. The van der Waals surface area contributed by atoms with Crippen LogP contribution in [0.5, 0.6) is 0 Å². The van der Waals surface area contributed by atoms with E-state index < -0.39 is 5.97 Å². The number of piperidine rings is 1. The number of carboxylic acids is 1. The molecule has 0 amide bonds. The minimum absolute atomic E-state index is 0.355. The van der Waals surface area contributed by atoms with Crippen LogP contribution in [0.3, 0.4) is 0 Å². The van der Waals surface area contributed by atoms with E-state index >= 15 is 0 Å². The summed E-state index contributed by atoms with van der Waals surface area (Å²) in [7, 11) is 3.99. The van der Waals surface area contributed by atoms with Crippen molar-refractivity contribution in [2.45, 2.75) is 24.9 Å². The van der Waals surface area contributed by atoms with Crippen LogP contribution in [0, 0.1) is 0 Å². The maximum absolute atomic E-state index is 10.6. The summed E-state index contributed by atoms with van der Waals surface area (Å²) in [5.41, 5.74) is 0. The van der Waals surface area contributed by atoms with E-state index in [4.69, 9.17) is 5.11 Å². The summed E-state index contributed by atoms with van der Waals surface area (Å²) < 4.78 is 0. The van der Waals surface area contributed by atoms with Crippen molar-refractivity contribution in [2.75, 3.05) is 20.6 Å². The molecule has 1 fully saturated rings. The third-order valence-electron chi connectivity index (χ3n) is 2.40. The third-order valence-corrected chi connectivity index (χ3v) is 2.40. The first kappa shape index (κ1) is 9.48. The first-order valence-electron chi connectivity index (χ1n) is 4.24. The second-order valence-electron chi connectivity index (χ2n) is 3.49. The molecular weight excluding hydrogens is 156 g/mol. The van der Waals surface area contributed by atoms with E-state index in [9.17, 15) is 4.79 Å². The first-order valence-corrected chi connectivity index (χ1v) is 4.24. The van der Waals surface area contributed by atoms with Crippen molar-refractivity contribution >= 4 is 5.97 Å². The van der Waals surface area contributed by atoms with Crippen LogP contribution in [-0.2, 0) is 4.79 Å². The minimum Gasteiger partial charge on any atom is -0.480 e. The van der Waals surface area contributed by atoms with Gasteiger partial charge in [-0.1, -0.05) is 0 Å². The molecule has 4 heteroatoms. The Balaban J connectivity index is 2.46. The van der Waals surface area contributed by atoms with Gasteiger partial charge in [-0.3, -0.25) is 4.79 Å². The Morgan fingerprint density at radius 2 is 2.25 bits per heavy atom. The van der Waals surface area contributed by atoms with E-state index in [2.05, 4.69) is 10.2 Å². The molecule has 0 saturated carbocycles. The summed E-state index contributed by atoms with van der Waals surface area (Å²) in [5, 5.41) is 11.7. The average molecular weight is 172 g/mol. The largest absolute Gasteiger partial charge is 0.480 e. The van der Waals surface area contributed by atoms with Gasteiger partial charge in [-0.05, 0) is 33.5 Å². The van der Waals surface area contributed by atoms with E-state index in [0.717, 1.165) is 13.0 Å². The van der Waals surface area contributed by atoms with E-state index in [1.807, 2.05) is 14.1 Å². The molecule has 0 aromatic heterocycles. The van der Waals surface area contributed by atoms with E-state index in [-0.39, 0.29) is 6.04 Å². The summed E-state index contributed by atoms with van der Waals surface area (Å²) in [6.07, 6.45) is 1.75. The Kier molecular flexibility index (Phi) is 3.05. The van der Waals surface area contributed by atoms with Crippen LogP contribution in [0.1, 0.15) is 12.8 Å². The van der Waals surface area contributed by atoms with Crippen LogP contribution < -0.4 is 5.32 Å². The van der Waals surface area contributed by atoms with Crippen LogP contribution in [0.2, 0.25) is 0 Å². The molecule has 1 rings (SSSR count). The Bertz CT molecular complexity index is 170. The van der Waals surface area contributed by atoms with E-state index in [1.165, 1.54) is 0 Å². The quantitative estimate of drug-likeness (QED) is 0.603. The Morgan fingerprint density at radius 1 is 1.58 bits per heavy atom. The average Bonchev–Trinajstić information content (AvgIpc) is 2.04. The zero-order valence-electron chi connectivity index (χ0n) is 7.58. The molecule has 70 valence electrons. The smallest absolute Gasteiger partial charge is 0.320 e. The number of carbonyl (C=O) groups is 1. The van der Waals surface area contributed by atoms with Crippen molar-refractivity contribution in [3.05, 3.63) is 0 Å². The van der Waals surface area contributed by atoms with E-state index in [1.54, 1.807) is 0 Å². The number of carboxylic acid groups (broad SMARTS) is 1. The first-order chi connectivity index (χ1) is 5.61. The molecule has 0 aliphatic carbocycles. The zero-order valence-corrected chi connectivity index (χ0v) is 7.58. The number of nitrogens with one attached hydrogen (secondary N) is 1. The predicted molar refractivity (Wildman–Crippen MR) is 46.1 cm³/mol. The van der Waals surface area contributed by atoms with Crippen LogP contribution in [0.4, 0.5) is 0 Å². The second-order valence-corrected chi connectivity index (χ2v) is 3.49. The van der Waals surface area contributed by atoms with Gasteiger partial charge in [-0.25, -0.2) is 0 Å². The predicted octanol–water partition coefficient (Wildman–Crippen LogP) is -0.247. The summed E-state index contributed by atoms with van der Waals surface area (Å²) in [4.78, 5) is 12.7. The molecule has 12 heavy (non-hydrogen) atoms. The number of aliphatic carboxylic acids is 1. The van der Waals surface area contributed by atoms with Gasteiger partial charge in [0.15, 0.2) is 0 Å². The SMILES string of the molecule is CN(C)[C@H]1CCN[C@@H](C(=O)O)C1. The summed E-state index contributed by atoms with van der Waals surface area (Å²) >= 11 is 0. The molecule has 0 aromatic carbocycles. The second kappa shape index (κ2) is 3.87. The van der Waals surface area contributed by atoms with E-state index in [0.29, 0.717) is 12.5 Å². The van der Waals surface area contributed by atoms with Gasteiger partial charge in [0.2, 0.25) is 0 Å². The molecule has 4 nitrogen and oxygen atoms in total. The standard InChI is InChI=1S/C8H16N2O2/c1-10(2)6-3-4-9-7(5-6)8(11)12/h6-7,9H,3-5H2,1-2H3,(H,11,12)/t6-,7+/m0/s1. The van der Waals surface area contributed by atoms with Crippen LogP contribution in [0.15, 0.2) is 0 Å². The van der Waals surface area contributed by atoms with Gasteiger partial charge in [-0.2, -0.15) is 0 Å². The lowest BCUT2D eigenvalue weighted by Gasteiger charge is -2.32. The highest BCUT2D eigenvalue weighted by Crippen LogP contribution is 2.12. The highest BCUT2D eigenvalue weighted by Gasteiger charge is 2.27. The Hall–Kier alpha value is -0.610. The fourth-order valence-electron chi connectivity index (χ4n) is 1.55. The lowest BCUT2D eigenvalue weighted by Crippen LogP contribution is -2.49. The monoisotopic (exact) mass is 172 g/mol. The van der Waals surface area contributed by atoms with Crippen molar-refractivity contribution < 1.29 is 9.90 Å². The Morgan fingerprint density at radius 3 is 2.75 bits per heavy atom. The maximum Gasteiger partial charge on any atom is 0.320 e. The topological polar surface area (TPSA) is 52.6 Å². The molecule has 1 saturated heterocycles. The molecule has 1 heterocycles. The van der Waals surface area contributed by atoms with Gasteiger partial charge in [0, 0.05) is 6.04 Å². The van der Waals surface area contributed by atoms with Crippen molar-refractivity contribution in [1.82, 2.24) is 10.2 Å². The Labute approximate surface area is 72.6 Å². The molecule has 2 N–H and O–H groups in total. The van der Waals surface area contributed by atoms with Gasteiger partial charge in [0.1, 0.15) is 6.04 Å². The van der Waals surface area contributed by atoms with Crippen LogP contribution >= 0.6 is 0 Å². The number of nitrogens with zero attached hydrogens (tertiary/aromatic N) is 1. The van der Waals surface area contributed by atoms with Gasteiger partial charge < -0.3 is 15.3 Å². The number of rotatable bonds is 2. The maximum atomic E-state index is 10.6. The fraction of sp³-hybridized carbons (Fsp3) is 0.875. The lowest BCUT2D eigenvalue weighted by atomic mass is 9.99. The molecule has 0 bridgehead atoms. The van der Waals surface area contributed by atoms with Crippen molar-refractivity contribution in [3.8, 4) is 0 Å². The molecule has 0 radical (unpaired) electrons. The van der Waals surface area contributed by atoms with Crippen molar-refractivity contribution in [2.24, 2.45) is 0 Å². The molecule has 0 unspecified atom stereocenters. The zero-order chi connectivity index (χ0) is 9.14. The summed E-state index contributed by atoms with van der Waals surface area (Å²) in [6.45, 7) is 0.805. The van der Waals surface area contributed by atoms with Crippen molar-refractivity contribution in [3.63, 3.8) is 0 Å². The van der Waals surface area contributed by atoms with Gasteiger partial charge in [0.05, 0.1) is 0 Å². The fourth-order valence-corrected chi connectivity index (χ4v) is 1.55. The summed E-state index contributed by atoms with van der Waals surface area (Å²) in [5.74, 6) is -0.735. The highest BCUT2D eigenvalue weighted by atomic mass is 16.4. The third kappa shape index (κ3) is 2.19. The van der Waals surface area contributed by atoms with Gasteiger partial charge in [-0.15, -0.1) is 0 Å². The van der Waals surface area contributed by atoms with Gasteiger partial charge >= 0.3 is 5.97 Å². The van der Waals surface area contributed by atoms with Crippen LogP contribution in [0.25, 0.3) is 0 Å². The van der Waals surface area contributed by atoms with Crippen LogP contribution in [-0.4, -0.2) is 48.7 Å². The lowest BCUT2D eigenvalue weighted by molar-refractivity contribution is -0.140. The molecule has 1 aliphatic heterocycles. The number of hydrogen-bond acceptors (Lipinski definition) is 3. The molecule has 0 spiro atoms.